The lowest BCUT2D eigenvalue weighted by Crippen LogP contribution is -2.29. The minimum Gasteiger partial charge on any atom is -0.424 e. The lowest BCUT2D eigenvalue weighted by Gasteiger charge is -2.06. The Balaban J connectivity index is 1.76. The van der Waals surface area contributed by atoms with E-state index in [1.54, 1.807) is 16.7 Å². The van der Waals surface area contributed by atoms with Crippen molar-refractivity contribution in [2.24, 2.45) is 0 Å². The molecule has 23 heavy (non-hydrogen) atoms. The highest BCUT2D eigenvalue weighted by atomic mass is 35.5. The summed E-state index contributed by atoms with van der Waals surface area (Å²) in [5.41, 5.74) is 0.678. The second kappa shape index (κ2) is 6.58. The van der Waals surface area contributed by atoms with Crippen LogP contribution in [0.25, 0.3) is 0 Å². The molecule has 1 aromatic carbocycles. The summed E-state index contributed by atoms with van der Waals surface area (Å²) in [6.07, 6.45) is 3.83. The van der Waals surface area contributed by atoms with Crippen LogP contribution in [-0.2, 0) is 24.3 Å². The number of hydrogen-bond donors (Lipinski definition) is 0. The van der Waals surface area contributed by atoms with Crippen molar-refractivity contribution in [2.75, 3.05) is 0 Å². The number of aromatic nitrogens is 3. The summed E-state index contributed by atoms with van der Waals surface area (Å²) in [4.78, 5) is 24.4. The van der Waals surface area contributed by atoms with Crippen LogP contribution in [0.15, 0.2) is 23.0 Å². The largest absolute Gasteiger partial charge is 0.424 e. The Morgan fingerprint density at radius 1 is 1.35 bits per heavy atom. The maximum Gasteiger partial charge on any atom is 0.346 e. The third kappa shape index (κ3) is 3.47. The summed E-state index contributed by atoms with van der Waals surface area (Å²) < 4.78 is 8.09. The summed E-state index contributed by atoms with van der Waals surface area (Å²) in [5, 5.41) is 4.62. The lowest BCUT2D eigenvalue weighted by molar-refractivity contribution is -0.135. The molecule has 1 aliphatic heterocycles. The van der Waals surface area contributed by atoms with E-state index in [-0.39, 0.29) is 12.2 Å². The van der Waals surface area contributed by atoms with Gasteiger partial charge in [0, 0.05) is 13.0 Å². The molecule has 0 amide bonds. The fraction of sp³-hybridized carbons (Fsp3) is 0.438. The van der Waals surface area contributed by atoms with Crippen LogP contribution < -0.4 is 10.4 Å². The van der Waals surface area contributed by atoms with Gasteiger partial charge in [-0.1, -0.05) is 24.1 Å². The molecular weight excluding hydrogens is 318 g/mol. The first kappa shape index (κ1) is 15.8. The van der Waals surface area contributed by atoms with Crippen LogP contribution >= 0.6 is 11.6 Å². The van der Waals surface area contributed by atoms with E-state index in [0.717, 1.165) is 37.1 Å². The Kier molecular flexibility index (Phi) is 4.52. The highest BCUT2D eigenvalue weighted by molar-refractivity contribution is 6.32. The first-order valence-electron chi connectivity index (χ1n) is 7.68. The van der Waals surface area contributed by atoms with Gasteiger partial charge in [-0.2, -0.15) is 5.10 Å². The van der Waals surface area contributed by atoms with E-state index >= 15 is 0 Å². The summed E-state index contributed by atoms with van der Waals surface area (Å²) in [5.74, 6) is 0.479. The zero-order chi connectivity index (χ0) is 16.4. The number of ether oxygens (including phenoxy) is 1. The SMILES string of the molecule is Cc1ccc(Cl)c(OC(=O)Cn2nc3n(c2=O)CCCCC3)c1. The molecule has 1 aromatic heterocycles. The number of rotatable bonds is 3. The number of fused-ring (bicyclic) bond motifs is 1. The number of halogens is 1. The molecule has 2 heterocycles. The molecule has 0 unspecified atom stereocenters. The third-order valence-electron chi connectivity index (χ3n) is 3.87. The molecule has 0 spiro atoms. The van der Waals surface area contributed by atoms with Crippen LogP contribution in [0, 0.1) is 6.92 Å². The van der Waals surface area contributed by atoms with Gasteiger partial charge in [0.1, 0.15) is 18.1 Å². The number of esters is 1. The lowest BCUT2D eigenvalue weighted by atomic mass is 10.2. The van der Waals surface area contributed by atoms with Gasteiger partial charge in [-0.3, -0.25) is 4.57 Å². The number of benzene rings is 1. The van der Waals surface area contributed by atoms with E-state index in [2.05, 4.69) is 5.10 Å². The van der Waals surface area contributed by atoms with Crippen LogP contribution in [0.1, 0.15) is 30.7 Å². The van der Waals surface area contributed by atoms with Gasteiger partial charge >= 0.3 is 11.7 Å². The Hall–Kier alpha value is -2.08. The number of carbonyl (C=O) groups is 1. The van der Waals surface area contributed by atoms with Gasteiger partial charge in [-0.25, -0.2) is 14.3 Å². The molecule has 122 valence electrons. The Morgan fingerprint density at radius 2 is 2.17 bits per heavy atom. The molecular formula is C16H18ClN3O3. The van der Waals surface area contributed by atoms with Crippen molar-refractivity contribution < 1.29 is 9.53 Å². The summed E-state index contributed by atoms with van der Waals surface area (Å²) >= 11 is 6.01. The van der Waals surface area contributed by atoms with E-state index in [4.69, 9.17) is 16.3 Å². The zero-order valence-electron chi connectivity index (χ0n) is 12.9. The van der Waals surface area contributed by atoms with Gasteiger partial charge in [-0.15, -0.1) is 0 Å². The van der Waals surface area contributed by atoms with Gasteiger partial charge in [0.15, 0.2) is 0 Å². The van der Waals surface area contributed by atoms with Crippen molar-refractivity contribution in [3.05, 3.63) is 45.1 Å². The average molecular weight is 336 g/mol. The van der Waals surface area contributed by atoms with Gasteiger partial charge in [-0.05, 0) is 37.5 Å². The summed E-state index contributed by atoms with van der Waals surface area (Å²) in [6.45, 7) is 2.32. The first-order valence-corrected chi connectivity index (χ1v) is 8.06. The molecule has 3 rings (SSSR count). The van der Waals surface area contributed by atoms with E-state index in [1.165, 1.54) is 4.68 Å². The number of aryl methyl sites for hydroxylation is 2. The minimum atomic E-state index is -0.562. The Bertz CT molecular complexity index is 794. The van der Waals surface area contributed by atoms with Crippen LogP contribution in [-0.4, -0.2) is 20.3 Å². The predicted molar refractivity (Wildman–Crippen MR) is 85.9 cm³/mol. The van der Waals surface area contributed by atoms with Crippen molar-refractivity contribution in [1.29, 1.82) is 0 Å². The fourth-order valence-electron chi connectivity index (χ4n) is 2.69. The highest BCUT2D eigenvalue weighted by Crippen LogP contribution is 2.25. The number of hydrogen-bond acceptors (Lipinski definition) is 4. The molecule has 2 aromatic rings. The van der Waals surface area contributed by atoms with Gasteiger partial charge in [0.25, 0.3) is 0 Å². The molecule has 0 N–H and O–H groups in total. The van der Waals surface area contributed by atoms with Crippen molar-refractivity contribution in [3.8, 4) is 5.75 Å². The Labute approximate surface area is 138 Å². The predicted octanol–water partition coefficient (Wildman–Crippen LogP) is 2.34. The molecule has 0 aliphatic carbocycles. The molecule has 0 bridgehead atoms. The molecule has 7 heteroatoms. The molecule has 0 atom stereocenters. The first-order chi connectivity index (χ1) is 11.0. The monoisotopic (exact) mass is 335 g/mol. The topological polar surface area (TPSA) is 66.1 Å². The van der Waals surface area contributed by atoms with Gasteiger partial charge in [0.2, 0.25) is 0 Å². The maximum absolute atomic E-state index is 12.3. The summed E-state index contributed by atoms with van der Waals surface area (Å²) in [7, 11) is 0. The normalized spacial score (nSPS) is 14.2. The maximum atomic E-state index is 12.3. The van der Waals surface area contributed by atoms with Gasteiger partial charge < -0.3 is 4.74 Å². The Morgan fingerprint density at radius 3 is 3.00 bits per heavy atom. The molecule has 6 nitrogen and oxygen atoms in total. The average Bonchev–Trinajstić information content (AvgIpc) is 2.68. The van der Waals surface area contributed by atoms with Crippen LogP contribution in [0.4, 0.5) is 0 Å². The molecule has 0 fully saturated rings. The zero-order valence-corrected chi connectivity index (χ0v) is 13.7. The minimum absolute atomic E-state index is 0.219. The molecule has 0 saturated carbocycles. The summed E-state index contributed by atoms with van der Waals surface area (Å²) in [6, 6.07) is 5.19. The molecule has 0 saturated heterocycles. The molecule has 1 aliphatic rings. The van der Waals surface area contributed by atoms with Crippen LogP contribution in [0.2, 0.25) is 5.02 Å². The van der Waals surface area contributed by atoms with Crippen LogP contribution in [0.5, 0.6) is 5.75 Å². The van der Waals surface area contributed by atoms with Crippen molar-refractivity contribution in [3.63, 3.8) is 0 Å². The van der Waals surface area contributed by atoms with E-state index < -0.39 is 5.97 Å². The fourth-order valence-corrected chi connectivity index (χ4v) is 2.85. The quantitative estimate of drug-likeness (QED) is 0.638. The van der Waals surface area contributed by atoms with Crippen molar-refractivity contribution in [1.82, 2.24) is 14.3 Å². The van der Waals surface area contributed by atoms with E-state index in [9.17, 15) is 9.59 Å². The number of nitrogens with zero attached hydrogens (tertiary/aromatic N) is 3. The van der Waals surface area contributed by atoms with E-state index in [0.29, 0.717) is 17.3 Å². The molecule has 0 radical (unpaired) electrons. The standard InChI is InChI=1S/C16H18ClN3O3/c1-11-6-7-12(17)13(9-11)23-15(21)10-20-16(22)19-8-4-2-3-5-14(19)18-20/h6-7,9H,2-5,8,10H2,1H3. The highest BCUT2D eigenvalue weighted by Gasteiger charge is 2.18. The van der Waals surface area contributed by atoms with Crippen molar-refractivity contribution >= 4 is 17.6 Å². The van der Waals surface area contributed by atoms with Crippen molar-refractivity contribution in [2.45, 2.75) is 45.7 Å². The second-order valence-electron chi connectivity index (χ2n) is 5.73. The number of carbonyl (C=O) groups excluding carboxylic acids is 1. The second-order valence-corrected chi connectivity index (χ2v) is 6.13. The van der Waals surface area contributed by atoms with Crippen LogP contribution in [0.3, 0.4) is 0 Å². The van der Waals surface area contributed by atoms with E-state index in [1.807, 2.05) is 13.0 Å². The smallest absolute Gasteiger partial charge is 0.346 e. The van der Waals surface area contributed by atoms with Gasteiger partial charge in [0.05, 0.1) is 5.02 Å². The third-order valence-corrected chi connectivity index (χ3v) is 4.18.